The summed E-state index contributed by atoms with van der Waals surface area (Å²) >= 11 is 4.81. The van der Waals surface area contributed by atoms with Gasteiger partial charge in [0.2, 0.25) is 0 Å². The number of aromatic amines is 1. The van der Waals surface area contributed by atoms with Crippen molar-refractivity contribution in [2.45, 2.75) is 10.6 Å². The van der Waals surface area contributed by atoms with Gasteiger partial charge in [-0.05, 0) is 35.5 Å². The van der Waals surface area contributed by atoms with Gasteiger partial charge in [-0.2, -0.15) is 0 Å². The number of carbonyl (C=O) groups is 1. The first kappa shape index (κ1) is 17.1. The van der Waals surface area contributed by atoms with Crippen molar-refractivity contribution in [3.05, 3.63) is 52.9 Å². The van der Waals surface area contributed by atoms with Crippen LogP contribution in [0.15, 0.2) is 52.2 Å². The van der Waals surface area contributed by atoms with Gasteiger partial charge in [-0.15, -0.1) is 22.7 Å². The number of carboxylic acids is 1. The molecule has 0 aliphatic rings. The van der Waals surface area contributed by atoms with Crippen LogP contribution in [0, 0.1) is 0 Å². The van der Waals surface area contributed by atoms with Crippen molar-refractivity contribution in [3.8, 4) is 10.7 Å². The lowest BCUT2D eigenvalue weighted by atomic mass is 10.2. The number of hydrogen-bond donors (Lipinski definition) is 2. The van der Waals surface area contributed by atoms with Gasteiger partial charge in [0.25, 0.3) is 0 Å². The molecule has 0 saturated heterocycles. The molecule has 0 spiro atoms. The summed E-state index contributed by atoms with van der Waals surface area (Å²) in [4.78, 5) is 19.4. The number of H-pyrrole nitrogens is 1. The Balaban J connectivity index is 1.67. The fourth-order valence-corrected chi connectivity index (χ4v) is 5.34. The lowest BCUT2D eigenvalue weighted by molar-refractivity contribution is -0.136. The van der Waals surface area contributed by atoms with E-state index in [-0.39, 0.29) is 6.42 Å². The molecule has 4 aromatic rings. The number of benzene rings is 1. The van der Waals surface area contributed by atoms with Crippen molar-refractivity contribution < 1.29 is 9.90 Å². The summed E-state index contributed by atoms with van der Waals surface area (Å²) < 4.78 is 3.38. The van der Waals surface area contributed by atoms with Gasteiger partial charge in [0.15, 0.2) is 0 Å². The molecule has 2 N–H and O–H groups in total. The molecule has 0 unspecified atom stereocenters. The molecule has 132 valence electrons. The van der Waals surface area contributed by atoms with Crippen molar-refractivity contribution in [2.24, 2.45) is 0 Å². The van der Waals surface area contributed by atoms with Gasteiger partial charge in [-0.25, -0.2) is 4.98 Å². The van der Waals surface area contributed by atoms with E-state index in [2.05, 4.69) is 43.9 Å². The van der Waals surface area contributed by atoms with Gasteiger partial charge in [0, 0.05) is 23.5 Å². The van der Waals surface area contributed by atoms with E-state index in [4.69, 9.17) is 5.11 Å². The second-order valence-corrected chi connectivity index (χ2v) is 9.14. The predicted molar refractivity (Wildman–Crippen MR) is 109 cm³/mol. The molecule has 8 heteroatoms. The molecule has 0 radical (unpaired) electrons. The maximum Gasteiger partial charge on any atom is 0.308 e. The average molecular weight is 402 g/mol. The van der Waals surface area contributed by atoms with Crippen molar-refractivity contribution in [3.63, 3.8) is 0 Å². The number of para-hydroxylation sites is 1. The second kappa shape index (κ2) is 7.14. The monoisotopic (exact) mass is 401 g/mol. The SMILES string of the molecule is CN(Sc1cccs1)c1cccc2cc(-c3ncc(CC(=O)O)s3)[nH]c12. The third kappa shape index (κ3) is 3.48. The Morgan fingerprint density at radius 3 is 3.00 bits per heavy atom. The lowest BCUT2D eigenvalue weighted by Crippen LogP contribution is -2.05. The van der Waals surface area contributed by atoms with E-state index in [0.717, 1.165) is 32.2 Å². The highest BCUT2D eigenvalue weighted by Gasteiger charge is 2.14. The van der Waals surface area contributed by atoms with Crippen LogP contribution in [0.3, 0.4) is 0 Å². The maximum absolute atomic E-state index is 10.9. The van der Waals surface area contributed by atoms with E-state index in [9.17, 15) is 4.79 Å². The van der Waals surface area contributed by atoms with Crippen molar-refractivity contribution in [1.29, 1.82) is 0 Å². The zero-order chi connectivity index (χ0) is 18.1. The second-order valence-electron chi connectivity index (χ2n) is 5.65. The maximum atomic E-state index is 10.9. The van der Waals surface area contributed by atoms with E-state index in [0.29, 0.717) is 0 Å². The first-order valence-electron chi connectivity index (χ1n) is 7.84. The summed E-state index contributed by atoms with van der Waals surface area (Å²) in [6.45, 7) is 0. The Kier molecular flexibility index (Phi) is 4.71. The quantitative estimate of drug-likeness (QED) is 0.439. The number of hydrogen-bond acceptors (Lipinski definition) is 6. The Hall–Kier alpha value is -2.29. The van der Waals surface area contributed by atoms with E-state index >= 15 is 0 Å². The molecule has 0 amide bonds. The Bertz CT molecular complexity index is 1050. The smallest absolute Gasteiger partial charge is 0.308 e. The highest BCUT2D eigenvalue weighted by molar-refractivity contribution is 8.02. The van der Waals surface area contributed by atoms with Crippen LogP contribution in [0.4, 0.5) is 5.69 Å². The molecule has 1 aromatic carbocycles. The Morgan fingerprint density at radius 1 is 1.35 bits per heavy atom. The van der Waals surface area contributed by atoms with Crippen LogP contribution in [0.5, 0.6) is 0 Å². The Labute approximate surface area is 162 Å². The summed E-state index contributed by atoms with van der Waals surface area (Å²) in [5.74, 6) is -0.841. The zero-order valence-corrected chi connectivity index (χ0v) is 16.3. The number of thiophene rings is 1. The van der Waals surface area contributed by atoms with Gasteiger partial charge in [-0.3, -0.25) is 4.79 Å². The fourth-order valence-electron chi connectivity index (χ4n) is 2.68. The number of fused-ring (bicyclic) bond motifs is 1. The number of carboxylic acid groups (broad SMARTS) is 1. The van der Waals surface area contributed by atoms with Gasteiger partial charge < -0.3 is 14.4 Å². The van der Waals surface area contributed by atoms with Crippen LogP contribution in [0.25, 0.3) is 21.6 Å². The number of anilines is 1. The highest BCUT2D eigenvalue weighted by Crippen LogP contribution is 2.36. The van der Waals surface area contributed by atoms with Crippen molar-refractivity contribution >= 4 is 57.2 Å². The summed E-state index contributed by atoms with van der Waals surface area (Å²) in [6.07, 6.45) is 1.64. The number of nitrogens with one attached hydrogen (secondary N) is 1. The number of nitrogens with zero attached hydrogens (tertiary/aromatic N) is 2. The van der Waals surface area contributed by atoms with E-state index in [1.807, 2.05) is 19.2 Å². The third-order valence-electron chi connectivity index (χ3n) is 3.80. The average Bonchev–Trinajstić information content (AvgIpc) is 3.33. The van der Waals surface area contributed by atoms with E-state index in [1.165, 1.54) is 15.5 Å². The highest BCUT2D eigenvalue weighted by atomic mass is 32.2. The van der Waals surface area contributed by atoms with Gasteiger partial charge in [-0.1, -0.05) is 18.2 Å². The van der Waals surface area contributed by atoms with Crippen LogP contribution in [0.1, 0.15) is 4.88 Å². The van der Waals surface area contributed by atoms with Crippen LogP contribution in [-0.2, 0) is 11.2 Å². The minimum Gasteiger partial charge on any atom is -0.481 e. The summed E-state index contributed by atoms with van der Waals surface area (Å²) in [6, 6.07) is 12.4. The van der Waals surface area contributed by atoms with Crippen LogP contribution in [0.2, 0.25) is 0 Å². The molecule has 5 nitrogen and oxygen atoms in total. The molecule has 3 heterocycles. The standard InChI is InChI=1S/C18H15N3O2S3/c1-21(26-16-6-3-7-24-16)14-5-2-4-11-8-13(20-17(11)14)18-19-10-12(25-18)9-15(22)23/h2-8,10,20H,9H2,1H3,(H,22,23). The molecule has 0 bridgehead atoms. The molecule has 0 atom stereocenters. The predicted octanol–water partition coefficient (Wildman–Crippen LogP) is 5.12. The third-order valence-corrected chi connectivity index (χ3v) is 6.80. The summed E-state index contributed by atoms with van der Waals surface area (Å²) in [7, 11) is 2.05. The molecular weight excluding hydrogens is 386 g/mol. The fraction of sp³-hybridized carbons (Fsp3) is 0.111. The van der Waals surface area contributed by atoms with Gasteiger partial charge >= 0.3 is 5.97 Å². The zero-order valence-electron chi connectivity index (χ0n) is 13.8. The minimum atomic E-state index is -0.841. The minimum absolute atomic E-state index is 0.00331. The molecule has 4 rings (SSSR count). The first-order valence-corrected chi connectivity index (χ1v) is 10.3. The number of aromatic nitrogens is 2. The topological polar surface area (TPSA) is 69.2 Å². The van der Waals surface area contributed by atoms with Crippen LogP contribution < -0.4 is 4.31 Å². The molecule has 0 fully saturated rings. The van der Waals surface area contributed by atoms with Crippen molar-refractivity contribution in [1.82, 2.24) is 9.97 Å². The number of aliphatic carboxylic acids is 1. The van der Waals surface area contributed by atoms with Crippen LogP contribution >= 0.6 is 34.6 Å². The molecule has 3 aromatic heterocycles. The normalized spacial score (nSPS) is 11.1. The first-order chi connectivity index (χ1) is 12.6. The largest absolute Gasteiger partial charge is 0.481 e. The summed E-state index contributed by atoms with van der Waals surface area (Å²) in [5, 5.41) is 12.9. The van der Waals surface area contributed by atoms with E-state index < -0.39 is 5.97 Å². The molecule has 0 saturated carbocycles. The lowest BCUT2D eigenvalue weighted by Gasteiger charge is -2.17. The van der Waals surface area contributed by atoms with Gasteiger partial charge in [0.1, 0.15) is 5.01 Å². The summed E-state index contributed by atoms with van der Waals surface area (Å²) in [5.41, 5.74) is 3.04. The molecule has 0 aliphatic heterocycles. The van der Waals surface area contributed by atoms with Crippen LogP contribution in [-0.4, -0.2) is 28.1 Å². The molecule has 26 heavy (non-hydrogen) atoms. The number of thiazole rings is 1. The van der Waals surface area contributed by atoms with Gasteiger partial charge in [0.05, 0.1) is 27.5 Å². The Morgan fingerprint density at radius 2 is 2.23 bits per heavy atom. The molecule has 0 aliphatic carbocycles. The molecular formula is C18H15N3O2S3. The number of rotatable bonds is 6. The van der Waals surface area contributed by atoms with E-state index in [1.54, 1.807) is 29.5 Å². The van der Waals surface area contributed by atoms with Crippen molar-refractivity contribution in [2.75, 3.05) is 11.4 Å².